The monoisotopic (exact) mass is 282 g/mol. The third kappa shape index (κ3) is 3.45. The molecule has 0 bridgehead atoms. The number of ether oxygens (including phenoxy) is 1. The first-order valence-electron chi connectivity index (χ1n) is 6.28. The van der Waals surface area contributed by atoms with Crippen molar-refractivity contribution in [1.29, 1.82) is 0 Å². The summed E-state index contributed by atoms with van der Waals surface area (Å²) in [6.45, 7) is 2.38. The predicted octanol–water partition coefficient (Wildman–Crippen LogP) is 1.45. The number of methoxy groups -OCH3 is 1. The zero-order valence-corrected chi connectivity index (χ0v) is 11.5. The molecular formula is C13H18N2O5. The second-order valence-electron chi connectivity index (χ2n) is 4.13. The maximum atomic E-state index is 12.4. The number of hydrogen-bond donors (Lipinski definition) is 1. The van der Waals surface area contributed by atoms with E-state index in [4.69, 9.17) is 9.84 Å². The van der Waals surface area contributed by atoms with Crippen LogP contribution in [0.3, 0.4) is 0 Å². The molecule has 0 saturated carbocycles. The summed E-state index contributed by atoms with van der Waals surface area (Å²) in [6.07, 6.45) is 0.725. The van der Waals surface area contributed by atoms with Gasteiger partial charge in [0.15, 0.2) is 0 Å². The zero-order chi connectivity index (χ0) is 15.1. The zero-order valence-electron chi connectivity index (χ0n) is 11.5. The molecule has 7 nitrogen and oxygen atoms in total. The third-order valence-corrected chi connectivity index (χ3v) is 2.78. The molecule has 0 radical (unpaired) electrons. The Morgan fingerprint density at radius 2 is 2.15 bits per heavy atom. The molecule has 1 amide bonds. The minimum Gasteiger partial charge on any atom is -0.490 e. The highest BCUT2D eigenvalue weighted by Crippen LogP contribution is 2.31. The number of amides is 1. The van der Waals surface area contributed by atoms with E-state index in [0.717, 1.165) is 6.42 Å². The number of carbonyl (C=O) groups excluding carboxylic acids is 1. The summed E-state index contributed by atoms with van der Waals surface area (Å²) < 4.78 is 5.01. The summed E-state index contributed by atoms with van der Waals surface area (Å²) in [5.41, 5.74) is -0.123. The van der Waals surface area contributed by atoms with Crippen LogP contribution in [0.1, 0.15) is 23.7 Å². The van der Waals surface area contributed by atoms with Crippen molar-refractivity contribution >= 4 is 11.6 Å². The summed E-state index contributed by atoms with van der Waals surface area (Å²) in [5, 5.41) is 19.9. The summed E-state index contributed by atoms with van der Waals surface area (Å²) in [7, 11) is 1.29. The van der Waals surface area contributed by atoms with Gasteiger partial charge in [-0.15, -0.1) is 0 Å². The second kappa shape index (κ2) is 7.44. The summed E-state index contributed by atoms with van der Waals surface area (Å²) in [5.74, 6) is -0.442. The molecule has 0 heterocycles. The van der Waals surface area contributed by atoms with E-state index in [-0.39, 0.29) is 36.1 Å². The first-order chi connectivity index (χ1) is 9.56. The standard InChI is InChI=1S/C13H18N2O5/c1-3-7-14(8-9-16)13(17)10-5-4-6-11(15(18)19)12(10)20-2/h4-6,16H,3,7-9H2,1-2H3. The van der Waals surface area contributed by atoms with Gasteiger partial charge >= 0.3 is 5.69 Å². The molecule has 1 aromatic rings. The Morgan fingerprint density at radius 3 is 2.65 bits per heavy atom. The first kappa shape index (κ1) is 15.9. The Labute approximate surface area is 116 Å². The van der Waals surface area contributed by atoms with Gasteiger partial charge in [0.25, 0.3) is 5.91 Å². The number of carbonyl (C=O) groups is 1. The van der Waals surface area contributed by atoms with E-state index in [1.54, 1.807) is 0 Å². The van der Waals surface area contributed by atoms with E-state index in [9.17, 15) is 14.9 Å². The smallest absolute Gasteiger partial charge is 0.311 e. The van der Waals surface area contributed by atoms with Crippen LogP contribution in [0.15, 0.2) is 18.2 Å². The average Bonchev–Trinajstić information content (AvgIpc) is 2.45. The van der Waals surface area contributed by atoms with Crippen LogP contribution in [0.5, 0.6) is 5.75 Å². The van der Waals surface area contributed by atoms with Gasteiger partial charge in [-0.3, -0.25) is 14.9 Å². The van der Waals surface area contributed by atoms with Gasteiger partial charge in [0.1, 0.15) is 0 Å². The van der Waals surface area contributed by atoms with Crippen molar-refractivity contribution in [3.8, 4) is 5.75 Å². The number of rotatable bonds is 7. The SMILES string of the molecule is CCCN(CCO)C(=O)c1cccc([N+](=O)[O-])c1OC. The number of nitro groups is 1. The van der Waals surface area contributed by atoms with Gasteiger partial charge < -0.3 is 14.7 Å². The van der Waals surface area contributed by atoms with Gasteiger partial charge in [0, 0.05) is 19.2 Å². The Kier molecular flexibility index (Phi) is 5.92. The maximum Gasteiger partial charge on any atom is 0.311 e. The first-order valence-corrected chi connectivity index (χ1v) is 6.28. The third-order valence-electron chi connectivity index (χ3n) is 2.78. The molecule has 0 aromatic heterocycles. The highest BCUT2D eigenvalue weighted by atomic mass is 16.6. The molecule has 1 aromatic carbocycles. The van der Waals surface area contributed by atoms with Crippen LogP contribution in [0.4, 0.5) is 5.69 Å². The molecule has 0 fully saturated rings. The lowest BCUT2D eigenvalue weighted by molar-refractivity contribution is -0.385. The van der Waals surface area contributed by atoms with Crippen molar-refractivity contribution < 1.29 is 19.6 Å². The van der Waals surface area contributed by atoms with Crippen molar-refractivity contribution in [3.63, 3.8) is 0 Å². The molecular weight excluding hydrogens is 264 g/mol. The minimum absolute atomic E-state index is 0.0541. The van der Waals surface area contributed by atoms with Crippen molar-refractivity contribution in [2.75, 3.05) is 26.8 Å². The van der Waals surface area contributed by atoms with E-state index in [1.165, 1.54) is 30.2 Å². The van der Waals surface area contributed by atoms with Gasteiger partial charge in [0.2, 0.25) is 5.75 Å². The van der Waals surface area contributed by atoms with Crippen LogP contribution in [-0.4, -0.2) is 47.6 Å². The Morgan fingerprint density at radius 1 is 1.45 bits per heavy atom. The minimum atomic E-state index is -0.591. The van der Waals surface area contributed by atoms with Gasteiger partial charge in [-0.05, 0) is 12.5 Å². The quantitative estimate of drug-likeness (QED) is 0.603. The Balaban J connectivity index is 3.20. The van der Waals surface area contributed by atoms with E-state index in [0.29, 0.717) is 6.54 Å². The molecule has 1 rings (SSSR count). The number of para-hydroxylation sites is 1. The fourth-order valence-corrected chi connectivity index (χ4v) is 1.93. The number of aliphatic hydroxyl groups is 1. The molecule has 20 heavy (non-hydrogen) atoms. The Bertz CT molecular complexity index is 484. The van der Waals surface area contributed by atoms with Crippen LogP contribution in [0.2, 0.25) is 0 Å². The molecule has 110 valence electrons. The maximum absolute atomic E-state index is 12.4. The highest BCUT2D eigenvalue weighted by Gasteiger charge is 2.25. The molecule has 0 unspecified atom stereocenters. The lowest BCUT2D eigenvalue weighted by Crippen LogP contribution is -2.34. The molecule has 0 aliphatic rings. The molecule has 1 N–H and O–H groups in total. The molecule has 0 aliphatic carbocycles. The van der Waals surface area contributed by atoms with Gasteiger partial charge in [-0.25, -0.2) is 0 Å². The molecule has 0 spiro atoms. The summed E-state index contributed by atoms with van der Waals surface area (Å²) >= 11 is 0. The normalized spacial score (nSPS) is 10.2. The van der Waals surface area contributed by atoms with E-state index in [1.807, 2.05) is 6.92 Å². The van der Waals surface area contributed by atoms with E-state index in [2.05, 4.69) is 0 Å². The molecule has 0 saturated heterocycles. The van der Waals surface area contributed by atoms with Crippen LogP contribution in [-0.2, 0) is 0 Å². The van der Waals surface area contributed by atoms with Crippen molar-refractivity contribution in [2.24, 2.45) is 0 Å². The number of nitrogens with zero attached hydrogens (tertiary/aromatic N) is 2. The summed E-state index contributed by atoms with van der Waals surface area (Å²) in [4.78, 5) is 24.2. The molecule has 0 atom stereocenters. The number of nitro benzene ring substituents is 1. The molecule has 7 heteroatoms. The summed E-state index contributed by atoms with van der Waals surface area (Å²) in [6, 6.07) is 4.21. The highest BCUT2D eigenvalue weighted by molar-refractivity contribution is 5.98. The van der Waals surface area contributed by atoms with E-state index < -0.39 is 4.92 Å². The van der Waals surface area contributed by atoms with Gasteiger partial charge in [0.05, 0.1) is 24.2 Å². The fraction of sp³-hybridized carbons (Fsp3) is 0.462. The molecule has 0 aliphatic heterocycles. The van der Waals surface area contributed by atoms with Gasteiger partial charge in [-0.2, -0.15) is 0 Å². The van der Waals surface area contributed by atoms with Gasteiger partial charge in [-0.1, -0.05) is 13.0 Å². The van der Waals surface area contributed by atoms with E-state index >= 15 is 0 Å². The van der Waals surface area contributed by atoms with Crippen LogP contribution < -0.4 is 4.74 Å². The second-order valence-corrected chi connectivity index (χ2v) is 4.13. The fourth-order valence-electron chi connectivity index (χ4n) is 1.93. The topological polar surface area (TPSA) is 92.9 Å². The van der Waals surface area contributed by atoms with Crippen molar-refractivity contribution in [1.82, 2.24) is 4.90 Å². The van der Waals surface area contributed by atoms with Crippen LogP contribution in [0, 0.1) is 10.1 Å². The number of benzene rings is 1. The lowest BCUT2D eigenvalue weighted by Gasteiger charge is -2.21. The number of aliphatic hydroxyl groups excluding tert-OH is 1. The Hall–Kier alpha value is -2.15. The largest absolute Gasteiger partial charge is 0.490 e. The van der Waals surface area contributed by atoms with Crippen molar-refractivity contribution in [2.45, 2.75) is 13.3 Å². The van der Waals surface area contributed by atoms with Crippen molar-refractivity contribution in [3.05, 3.63) is 33.9 Å². The predicted molar refractivity (Wildman–Crippen MR) is 72.9 cm³/mol. The van der Waals surface area contributed by atoms with Crippen LogP contribution in [0.25, 0.3) is 0 Å². The van der Waals surface area contributed by atoms with Crippen LogP contribution >= 0.6 is 0 Å². The number of hydrogen-bond acceptors (Lipinski definition) is 5. The average molecular weight is 282 g/mol. The lowest BCUT2D eigenvalue weighted by atomic mass is 10.1.